The Morgan fingerprint density at radius 3 is 1.68 bits per heavy atom. The van der Waals surface area contributed by atoms with Crippen LogP contribution in [0.5, 0.6) is 0 Å². The van der Waals surface area contributed by atoms with Crippen molar-refractivity contribution < 1.29 is 0 Å². The number of aromatic nitrogens is 6. The third-order valence-electron chi connectivity index (χ3n) is 8.05. The van der Waals surface area contributed by atoms with Crippen LogP contribution in [0.2, 0.25) is 0 Å². The van der Waals surface area contributed by atoms with Crippen LogP contribution in [0.3, 0.4) is 0 Å². The van der Waals surface area contributed by atoms with Crippen LogP contribution in [0.1, 0.15) is 0 Å². The number of nitrogens with zero attached hydrogens (tertiary/aromatic N) is 6. The average molecular weight is 527 g/mol. The van der Waals surface area contributed by atoms with Gasteiger partial charge >= 0.3 is 0 Å². The first-order chi connectivity index (χ1) is 20.4. The predicted octanol–water partition coefficient (Wildman–Crippen LogP) is 8.01. The molecule has 0 saturated heterocycles. The maximum atomic E-state index is 4.83. The summed E-state index contributed by atoms with van der Waals surface area (Å²) in [7, 11) is 0. The fourth-order valence-electron chi connectivity index (χ4n) is 6.37. The van der Waals surface area contributed by atoms with E-state index in [1.807, 2.05) is 29.1 Å². The van der Waals surface area contributed by atoms with Gasteiger partial charge in [-0.2, -0.15) is 0 Å². The van der Waals surface area contributed by atoms with E-state index in [1.165, 1.54) is 32.6 Å². The van der Waals surface area contributed by atoms with Gasteiger partial charge in [0.15, 0.2) is 17.0 Å². The number of fused-ring (bicyclic) bond motifs is 8. The Kier molecular flexibility index (Phi) is 4.51. The lowest BCUT2D eigenvalue weighted by atomic mass is 10.1. The topological polar surface area (TPSA) is 53.5 Å². The minimum atomic E-state index is 0.755. The van der Waals surface area contributed by atoms with E-state index < -0.39 is 0 Å². The minimum absolute atomic E-state index is 0.755. The van der Waals surface area contributed by atoms with Crippen LogP contribution >= 0.6 is 0 Å². The molecule has 4 aromatic heterocycles. The molecule has 0 aliphatic carbocycles. The Morgan fingerprint density at radius 2 is 1.00 bits per heavy atom. The van der Waals surface area contributed by atoms with Crippen LogP contribution in [0.15, 0.2) is 134 Å². The highest BCUT2D eigenvalue weighted by molar-refractivity contribution is 6.29. The standard InChI is InChI=1S/C35H22N6/c1-3-11-23(12-4-1)39-22-38-33-34(39)36-21-37-35(33)41-28-18-10-8-16-26(28)32-30(41)20-19-29-31(32)25-15-7-9-17-27(25)40(29)24-13-5-2-6-14-24/h1-22H. The zero-order valence-corrected chi connectivity index (χ0v) is 21.9. The highest BCUT2D eigenvalue weighted by atomic mass is 15.2. The van der Waals surface area contributed by atoms with Crippen LogP contribution in [0.25, 0.3) is 72.0 Å². The maximum absolute atomic E-state index is 4.83. The van der Waals surface area contributed by atoms with Crippen molar-refractivity contribution in [3.8, 4) is 17.2 Å². The lowest BCUT2D eigenvalue weighted by Gasteiger charge is -2.09. The summed E-state index contributed by atoms with van der Waals surface area (Å²) in [5, 5.41) is 4.84. The third kappa shape index (κ3) is 3.04. The van der Waals surface area contributed by atoms with Gasteiger partial charge < -0.3 is 4.57 Å². The van der Waals surface area contributed by atoms with E-state index in [1.54, 1.807) is 6.33 Å². The zero-order valence-electron chi connectivity index (χ0n) is 21.9. The van der Waals surface area contributed by atoms with Gasteiger partial charge in [0.2, 0.25) is 0 Å². The summed E-state index contributed by atoms with van der Waals surface area (Å²) in [4.78, 5) is 14.3. The fraction of sp³-hybridized carbons (Fsp3) is 0. The summed E-state index contributed by atoms with van der Waals surface area (Å²) in [5.41, 5.74) is 8.21. The van der Waals surface area contributed by atoms with Gasteiger partial charge in [-0.25, -0.2) is 15.0 Å². The van der Waals surface area contributed by atoms with Crippen LogP contribution in [-0.4, -0.2) is 28.7 Å². The third-order valence-corrected chi connectivity index (χ3v) is 8.05. The van der Waals surface area contributed by atoms with Crippen molar-refractivity contribution in [3.05, 3.63) is 134 Å². The highest BCUT2D eigenvalue weighted by Gasteiger charge is 2.22. The molecule has 0 fully saturated rings. The molecule has 0 aliphatic rings. The van der Waals surface area contributed by atoms with Gasteiger partial charge in [-0.3, -0.25) is 9.13 Å². The number of rotatable bonds is 3. The van der Waals surface area contributed by atoms with Crippen LogP contribution < -0.4 is 0 Å². The number of benzene rings is 5. The zero-order chi connectivity index (χ0) is 26.9. The lowest BCUT2D eigenvalue weighted by Crippen LogP contribution is -2.01. The van der Waals surface area contributed by atoms with Gasteiger partial charge in [0, 0.05) is 32.9 Å². The molecule has 0 bridgehead atoms. The molecule has 0 N–H and O–H groups in total. The van der Waals surface area contributed by atoms with Gasteiger partial charge in [0.1, 0.15) is 12.7 Å². The van der Waals surface area contributed by atoms with E-state index in [0.717, 1.165) is 39.4 Å². The monoisotopic (exact) mass is 526 g/mol. The molecule has 0 radical (unpaired) electrons. The number of hydrogen-bond donors (Lipinski definition) is 0. The van der Waals surface area contributed by atoms with E-state index in [0.29, 0.717) is 0 Å². The molecule has 0 atom stereocenters. The van der Waals surface area contributed by atoms with Gasteiger partial charge in [0.25, 0.3) is 0 Å². The Balaban J connectivity index is 1.42. The molecule has 0 saturated carbocycles. The summed E-state index contributed by atoms with van der Waals surface area (Å²) in [6.07, 6.45) is 3.47. The molecule has 0 unspecified atom stereocenters. The van der Waals surface area contributed by atoms with Crippen molar-refractivity contribution in [1.29, 1.82) is 0 Å². The van der Waals surface area contributed by atoms with Crippen LogP contribution in [-0.2, 0) is 0 Å². The number of imidazole rings is 1. The normalized spacial score (nSPS) is 11.9. The van der Waals surface area contributed by atoms with E-state index in [2.05, 4.69) is 117 Å². The number of para-hydroxylation sites is 4. The molecule has 4 heterocycles. The molecule has 9 rings (SSSR count). The van der Waals surface area contributed by atoms with Crippen molar-refractivity contribution in [1.82, 2.24) is 28.7 Å². The summed E-state index contributed by atoms with van der Waals surface area (Å²) in [6, 6.07) is 42.5. The lowest BCUT2D eigenvalue weighted by molar-refractivity contribution is 1.04. The molecule has 0 aliphatic heterocycles. The molecule has 0 amide bonds. The summed E-state index contributed by atoms with van der Waals surface area (Å²) in [6.45, 7) is 0. The van der Waals surface area contributed by atoms with Crippen molar-refractivity contribution in [2.24, 2.45) is 0 Å². The number of hydrogen-bond acceptors (Lipinski definition) is 3. The molecular formula is C35H22N6. The van der Waals surface area contributed by atoms with Gasteiger partial charge in [-0.05, 0) is 48.5 Å². The Bertz CT molecular complexity index is 2410. The van der Waals surface area contributed by atoms with E-state index in [-0.39, 0.29) is 0 Å². The predicted molar refractivity (Wildman–Crippen MR) is 165 cm³/mol. The Labute approximate surface area is 234 Å². The van der Waals surface area contributed by atoms with Gasteiger partial charge in [-0.15, -0.1) is 0 Å². The first kappa shape index (κ1) is 22.1. The van der Waals surface area contributed by atoms with Crippen molar-refractivity contribution >= 4 is 54.8 Å². The maximum Gasteiger partial charge on any atom is 0.170 e. The van der Waals surface area contributed by atoms with Gasteiger partial charge in [0.05, 0.1) is 22.1 Å². The first-order valence-electron chi connectivity index (χ1n) is 13.6. The largest absolute Gasteiger partial charge is 0.309 e. The second-order valence-electron chi connectivity index (χ2n) is 10.2. The molecule has 5 aromatic carbocycles. The van der Waals surface area contributed by atoms with Crippen molar-refractivity contribution in [2.45, 2.75) is 0 Å². The van der Waals surface area contributed by atoms with Crippen molar-refractivity contribution in [2.75, 3.05) is 0 Å². The second-order valence-corrected chi connectivity index (χ2v) is 10.2. The molecule has 0 spiro atoms. The summed E-state index contributed by atoms with van der Waals surface area (Å²) < 4.78 is 6.62. The summed E-state index contributed by atoms with van der Waals surface area (Å²) in [5.74, 6) is 0.766. The smallest absolute Gasteiger partial charge is 0.170 e. The molecule has 6 heteroatoms. The van der Waals surface area contributed by atoms with Crippen molar-refractivity contribution in [3.63, 3.8) is 0 Å². The minimum Gasteiger partial charge on any atom is -0.309 e. The average Bonchev–Trinajstić information content (AvgIpc) is 3.72. The molecular weight excluding hydrogens is 504 g/mol. The SMILES string of the molecule is c1ccc(-n2cnc3c(-n4c5ccccc5c5c6c7ccccc7n(-c7ccccc7)c6ccc54)ncnc32)cc1. The fourth-order valence-corrected chi connectivity index (χ4v) is 6.37. The molecule has 41 heavy (non-hydrogen) atoms. The second kappa shape index (κ2) is 8.37. The Hall–Kier alpha value is -5.75. The van der Waals surface area contributed by atoms with Gasteiger partial charge in [-0.1, -0.05) is 72.8 Å². The summed E-state index contributed by atoms with van der Waals surface area (Å²) >= 11 is 0. The Morgan fingerprint density at radius 1 is 0.439 bits per heavy atom. The van der Waals surface area contributed by atoms with E-state index in [4.69, 9.17) is 9.97 Å². The molecule has 192 valence electrons. The molecule has 6 nitrogen and oxygen atoms in total. The van der Waals surface area contributed by atoms with E-state index >= 15 is 0 Å². The van der Waals surface area contributed by atoms with E-state index in [9.17, 15) is 0 Å². The van der Waals surface area contributed by atoms with Crippen LogP contribution in [0.4, 0.5) is 0 Å². The van der Waals surface area contributed by atoms with Crippen LogP contribution in [0, 0.1) is 0 Å². The first-order valence-corrected chi connectivity index (χ1v) is 13.6. The highest BCUT2D eigenvalue weighted by Crippen LogP contribution is 2.42. The molecule has 9 aromatic rings. The quantitative estimate of drug-likeness (QED) is 0.234.